The van der Waals surface area contributed by atoms with Gasteiger partial charge in [-0.1, -0.05) is 36.4 Å². The summed E-state index contributed by atoms with van der Waals surface area (Å²) in [5.41, 5.74) is 3.33. The topological polar surface area (TPSA) is 88.6 Å². The number of sulfonamides is 1. The van der Waals surface area contributed by atoms with Crippen LogP contribution in [0.1, 0.15) is 21.6 Å². The summed E-state index contributed by atoms with van der Waals surface area (Å²) < 4.78 is 32.2. The summed E-state index contributed by atoms with van der Waals surface area (Å²) >= 11 is 1.38. The molecule has 3 aromatic rings. The minimum absolute atomic E-state index is 0.0331. The molecule has 0 spiro atoms. The zero-order valence-electron chi connectivity index (χ0n) is 17.1. The van der Waals surface area contributed by atoms with Crippen molar-refractivity contribution in [2.45, 2.75) is 13.0 Å². The number of carbonyl (C=O) groups is 1. The molecule has 162 valence electrons. The fourth-order valence-electron chi connectivity index (χ4n) is 3.47. The van der Waals surface area contributed by atoms with Gasteiger partial charge in [0.05, 0.1) is 12.9 Å². The monoisotopic (exact) mass is 457 g/mol. The molecule has 0 radical (unpaired) electrons. The molecular weight excluding hydrogens is 434 g/mol. The van der Waals surface area contributed by atoms with Crippen molar-refractivity contribution in [1.29, 1.82) is 0 Å². The molecule has 0 saturated heterocycles. The SMILES string of the molecule is COc1ccc2c(c1)CCN(S(=O)(=O)CCNC(=O)c1csc(-c3ccccc3)n1)C2. The Labute approximate surface area is 185 Å². The van der Waals surface area contributed by atoms with Gasteiger partial charge in [0.2, 0.25) is 10.0 Å². The van der Waals surface area contributed by atoms with E-state index in [1.165, 1.54) is 15.6 Å². The van der Waals surface area contributed by atoms with Crippen molar-refractivity contribution in [1.82, 2.24) is 14.6 Å². The molecule has 7 nitrogen and oxygen atoms in total. The Balaban J connectivity index is 1.33. The van der Waals surface area contributed by atoms with Crippen molar-refractivity contribution in [2.24, 2.45) is 0 Å². The summed E-state index contributed by atoms with van der Waals surface area (Å²) in [4.78, 5) is 16.7. The van der Waals surface area contributed by atoms with Gasteiger partial charge in [0.1, 0.15) is 16.5 Å². The van der Waals surface area contributed by atoms with Crippen LogP contribution in [0, 0.1) is 0 Å². The predicted molar refractivity (Wildman–Crippen MR) is 121 cm³/mol. The standard InChI is InChI=1S/C22H23N3O4S2/c1-29-19-8-7-18-14-25(11-9-17(18)13-19)31(27,28)12-10-23-21(26)20-15-30-22(24-20)16-5-3-2-4-6-16/h2-8,13,15H,9-12,14H2,1H3,(H,23,26). The molecule has 9 heteroatoms. The molecule has 1 amide bonds. The lowest BCUT2D eigenvalue weighted by molar-refractivity contribution is 0.0952. The summed E-state index contributed by atoms with van der Waals surface area (Å²) in [5.74, 6) is 0.250. The maximum atomic E-state index is 12.8. The van der Waals surface area contributed by atoms with E-state index in [2.05, 4.69) is 10.3 Å². The van der Waals surface area contributed by atoms with Gasteiger partial charge in [-0.05, 0) is 29.7 Å². The number of thiazole rings is 1. The molecule has 0 saturated carbocycles. The van der Waals surface area contributed by atoms with Crippen LogP contribution in [-0.2, 0) is 23.0 Å². The van der Waals surface area contributed by atoms with Gasteiger partial charge < -0.3 is 10.1 Å². The Morgan fingerprint density at radius 2 is 2.00 bits per heavy atom. The third-order valence-corrected chi connectivity index (χ3v) is 7.90. The molecule has 31 heavy (non-hydrogen) atoms. The van der Waals surface area contributed by atoms with Gasteiger partial charge in [-0.15, -0.1) is 11.3 Å². The molecule has 0 bridgehead atoms. The highest BCUT2D eigenvalue weighted by Crippen LogP contribution is 2.25. The van der Waals surface area contributed by atoms with Crippen LogP contribution in [0.15, 0.2) is 53.9 Å². The smallest absolute Gasteiger partial charge is 0.270 e. The minimum Gasteiger partial charge on any atom is -0.497 e. The molecule has 0 atom stereocenters. The zero-order chi connectivity index (χ0) is 21.8. The molecule has 4 rings (SSSR count). The Hall–Kier alpha value is -2.75. The third kappa shape index (κ3) is 4.95. The Bertz CT molecular complexity index is 1180. The average Bonchev–Trinajstić information content (AvgIpc) is 3.29. The molecule has 0 unspecified atom stereocenters. The molecule has 0 aliphatic carbocycles. The van der Waals surface area contributed by atoms with Crippen molar-refractivity contribution in [3.63, 3.8) is 0 Å². The first kappa shape index (κ1) is 21.5. The second-order valence-electron chi connectivity index (χ2n) is 7.19. The van der Waals surface area contributed by atoms with E-state index in [9.17, 15) is 13.2 Å². The maximum Gasteiger partial charge on any atom is 0.270 e. The Morgan fingerprint density at radius 3 is 2.77 bits per heavy atom. The summed E-state index contributed by atoms with van der Waals surface area (Å²) in [6.45, 7) is 0.788. The fourth-order valence-corrected chi connectivity index (χ4v) is 5.60. The number of rotatable bonds is 7. The Kier molecular flexibility index (Phi) is 6.35. The number of aromatic nitrogens is 1. The molecule has 1 aliphatic rings. The Morgan fingerprint density at radius 1 is 1.19 bits per heavy atom. The van der Waals surface area contributed by atoms with E-state index in [-0.39, 0.29) is 18.2 Å². The number of benzene rings is 2. The molecule has 1 aliphatic heterocycles. The van der Waals surface area contributed by atoms with E-state index in [1.807, 2.05) is 48.5 Å². The second kappa shape index (κ2) is 9.17. The lowest BCUT2D eigenvalue weighted by atomic mass is 10.0. The predicted octanol–water partition coefficient (Wildman–Crippen LogP) is 2.94. The first-order chi connectivity index (χ1) is 15.0. The van der Waals surface area contributed by atoms with Gasteiger partial charge in [0.15, 0.2) is 0 Å². The molecule has 1 aromatic heterocycles. The molecule has 2 heterocycles. The largest absolute Gasteiger partial charge is 0.497 e. The van der Waals surface area contributed by atoms with Crippen LogP contribution in [0.5, 0.6) is 5.75 Å². The number of amides is 1. The number of nitrogens with zero attached hydrogens (tertiary/aromatic N) is 2. The van der Waals surface area contributed by atoms with Gasteiger partial charge in [-0.2, -0.15) is 4.31 Å². The van der Waals surface area contributed by atoms with Crippen molar-refractivity contribution in [3.05, 3.63) is 70.7 Å². The normalized spacial score (nSPS) is 14.1. The van der Waals surface area contributed by atoms with Crippen LogP contribution in [0.4, 0.5) is 0 Å². The highest BCUT2D eigenvalue weighted by molar-refractivity contribution is 7.89. The van der Waals surface area contributed by atoms with Crippen LogP contribution in [0.2, 0.25) is 0 Å². The first-order valence-corrected chi connectivity index (χ1v) is 12.4. The van der Waals surface area contributed by atoms with Crippen molar-refractivity contribution < 1.29 is 17.9 Å². The quantitative estimate of drug-likeness (QED) is 0.589. The van der Waals surface area contributed by atoms with Gasteiger partial charge in [-0.3, -0.25) is 4.79 Å². The second-order valence-corrected chi connectivity index (χ2v) is 10.1. The van der Waals surface area contributed by atoms with Crippen molar-refractivity contribution >= 4 is 27.3 Å². The maximum absolute atomic E-state index is 12.8. The molecule has 1 N–H and O–H groups in total. The van der Waals surface area contributed by atoms with E-state index in [4.69, 9.17) is 4.74 Å². The lowest BCUT2D eigenvalue weighted by Gasteiger charge is -2.28. The summed E-state index contributed by atoms with van der Waals surface area (Å²) in [6.07, 6.45) is 0.638. The zero-order valence-corrected chi connectivity index (χ0v) is 18.7. The van der Waals surface area contributed by atoms with Gasteiger partial charge >= 0.3 is 0 Å². The average molecular weight is 458 g/mol. The number of carbonyl (C=O) groups excluding carboxylic acids is 1. The van der Waals surface area contributed by atoms with Crippen LogP contribution in [-0.4, -0.2) is 49.6 Å². The van der Waals surface area contributed by atoms with Crippen LogP contribution >= 0.6 is 11.3 Å². The van der Waals surface area contributed by atoms with E-state index < -0.39 is 10.0 Å². The van der Waals surface area contributed by atoms with E-state index in [0.29, 0.717) is 25.2 Å². The molecular formula is C22H23N3O4S2. The lowest BCUT2D eigenvalue weighted by Crippen LogP contribution is -2.40. The summed E-state index contributed by atoms with van der Waals surface area (Å²) in [7, 11) is -1.87. The van der Waals surface area contributed by atoms with Gasteiger partial charge in [0.25, 0.3) is 5.91 Å². The first-order valence-electron chi connectivity index (χ1n) is 9.89. The highest BCUT2D eigenvalue weighted by Gasteiger charge is 2.27. The number of methoxy groups -OCH3 is 1. The number of ether oxygens (including phenoxy) is 1. The number of fused-ring (bicyclic) bond motifs is 1. The van der Waals surface area contributed by atoms with Crippen LogP contribution in [0.3, 0.4) is 0 Å². The number of nitrogens with one attached hydrogen (secondary N) is 1. The fraction of sp³-hybridized carbons (Fsp3) is 0.273. The van der Waals surface area contributed by atoms with Crippen molar-refractivity contribution in [2.75, 3.05) is 26.0 Å². The summed E-state index contributed by atoms with van der Waals surface area (Å²) in [6, 6.07) is 15.3. The molecule has 0 fully saturated rings. The summed E-state index contributed by atoms with van der Waals surface area (Å²) in [5, 5.41) is 5.11. The van der Waals surface area contributed by atoms with E-state index in [1.54, 1.807) is 12.5 Å². The van der Waals surface area contributed by atoms with E-state index in [0.717, 1.165) is 27.4 Å². The number of hydrogen-bond donors (Lipinski definition) is 1. The number of hydrogen-bond acceptors (Lipinski definition) is 6. The highest BCUT2D eigenvalue weighted by atomic mass is 32.2. The van der Waals surface area contributed by atoms with Gasteiger partial charge in [0, 0.05) is 30.6 Å². The van der Waals surface area contributed by atoms with E-state index >= 15 is 0 Å². The van der Waals surface area contributed by atoms with Gasteiger partial charge in [-0.25, -0.2) is 13.4 Å². The minimum atomic E-state index is -3.49. The third-order valence-electron chi connectivity index (χ3n) is 5.19. The van der Waals surface area contributed by atoms with Crippen LogP contribution < -0.4 is 10.1 Å². The van der Waals surface area contributed by atoms with Crippen molar-refractivity contribution in [3.8, 4) is 16.3 Å². The molecule has 2 aromatic carbocycles. The van der Waals surface area contributed by atoms with Crippen LogP contribution in [0.25, 0.3) is 10.6 Å².